The molecule has 182 valence electrons. The zero-order chi connectivity index (χ0) is 25.0. The lowest BCUT2D eigenvalue weighted by molar-refractivity contribution is 0.0950. The highest BCUT2D eigenvalue weighted by Gasteiger charge is 2.25. The number of carbonyl (C=O) groups is 1. The van der Waals surface area contributed by atoms with Gasteiger partial charge in [0, 0.05) is 38.3 Å². The first-order chi connectivity index (χ1) is 15.4. The van der Waals surface area contributed by atoms with Crippen LogP contribution in [0.5, 0.6) is 0 Å². The van der Waals surface area contributed by atoms with Gasteiger partial charge in [-0.1, -0.05) is 32.0 Å². The van der Waals surface area contributed by atoms with Crippen molar-refractivity contribution < 1.29 is 21.6 Å². The van der Waals surface area contributed by atoms with E-state index >= 15 is 0 Å². The largest absolute Gasteiger partial charge is 0.348 e. The first-order valence-electron chi connectivity index (χ1n) is 10.8. The Kier molecular flexibility index (Phi) is 8.81. The molecule has 2 aromatic carbocycles. The van der Waals surface area contributed by atoms with E-state index in [4.69, 9.17) is 0 Å². The summed E-state index contributed by atoms with van der Waals surface area (Å²) < 4.78 is 53.6. The number of nitrogens with one attached hydrogen (secondary N) is 1. The summed E-state index contributed by atoms with van der Waals surface area (Å²) in [5, 5.41) is 2.76. The van der Waals surface area contributed by atoms with Gasteiger partial charge < -0.3 is 5.32 Å². The molecule has 1 amide bonds. The van der Waals surface area contributed by atoms with Gasteiger partial charge in [-0.2, -0.15) is 8.61 Å². The molecule has 2 rings (SSSR count). The predicted molar refractivity (Wildman–Crippen MR) is 129 cm³/mol. The van der Waals surface area contributed by atoms with Gasteiger partial charge in [-0.05, 0) is 56.2 Å². The first-order valence-corrected chi connectivity index (χ1v) is 13.7. The average molecular weight is 496 g/mol. The standard InChI is InChI=1S/C23H33N3O5S2/c1-7-26(8-2)33(30,31)22-15-20(12-9-18(22)5)23(27)24-16-19-10-13-21(14-11-19)32(28,29)25(6)17(3)4/h9-15,17H,7-8,16H2,1-6H3,(H,24,27). The minimum absolute atomic E-state index is 0.114. The second kappa shape index (κ2) is 10.8. The monoisotopic (exact) mass is 495 g/mol. The fourth-order valence-corrected chi connectivity index (χ4v) is 6.31. The summed E-state index contributed by atoms with van der Waals surface area (Å²) in [7, 11) is -5.74. The fourth-order valence-electron chi connectivity index (χ4n) is 3.23. The molecule has 8 nitrogen and oxygen atoms in total. The van der Waals surface area contributed by atoms with E-state index in [1.54, 1.807) is 58.9 Å². The van der Waals surface area contributed by atoms with Crippen LogP contribution in [0.2, 0.25) is 0 Å². The smallest absolute Gasteiger partial charge is 0.251 e. The van der Waals surface area contributed by atoms with Gasteiger partial charge in [-0.15, -0.1) is 0 Å². The van der Waals surface area contributed by atoms with Gasteiger partial charge in [0.15, 0.2) is 0 Å². The summed E-state index contributed by atoms with van der Waals surface area (Å²) in [6, 6.07) is 10.8. The molecule has 1 N–H and O–H groups in total. The number of benzene rings is 2. The normalized spacial score (nSPS) is 12.5. The van der Waals surface area contributed by atoms with Crippen molar-refractivity contribution in [3.63, 3.8) is 0 Å². The van der Waals surface area contributed by atoms with E-state index in [1.165, 1.54) is 33.9 Å². The summed E-state index contributed by atoms with van der Waals surface area (Å²) in [4.78, 5) is 13.0. The molecule has 0 saturated carbocycles. The van der Waals surface area contributed by atoms with Crippen LogP contribution >= 0.6 is 0 Å². The van der Waals surface area contributed by atoms with Crippen LogP contribution in [0.4, 0.5) is 0 Å². The Morgan fingerprint density at radius 3 is 2.03 bits per heavy atom. The van der Waals surface area contributed by atoms with Crippen LogP contribution in [0.15, 0.2) is 52.3 Å². The van der Waals surface area contributed by atoms with Gasteiger partial charge in [0.2, 0.25) is 20.0 Å². The Balaban J connectivity index is 2.17. The summed E-state index contributed by atoms with van der Waals surface area (Å²) in [6.07, 6.45) is 0. The number of hydrogen-bond acceptors (Lipinski definition) is 5. The van der Waals surface area contributed by atoms with Crippen molar-refractivity contribution in [1.82, 2.24) is 13.9 Å². The van der Waals surface area contributed by atoms with Gasteiger partial charge in [0.05, 0.1) is 9.79 Å². The maximum atomic E-state index is 12.9. The molecule has 0 unspecified atom stereocenters. The average Bonchev–Trinajstić information content (AvgIpc) is 2.77. The Morgan fingerprint density at radius 1 is 0.939 bits per heavy atom. The number of nitrogens with zero attached hydrogens (tertiary/aromatic N) is 2. The van der Waals surface area contributed by atoms with Crippen molar-refractivity contribution in [3.8, 4) is 0 Å². The molecule has 0 aliphatic heterocycles. The highest BCUT2D eigenvalue weighted by molar-refractivity contribution is 7.89. The van der Waals surface area contributed by atoms with Crippen molar-refractivity contribution in [2.75, 3.05) is 20.1 Å². The summed E-state index contributed by atoms with van der Waals surface area (Å²) in [5.41, 5.74) is 1.53. The van der Waals surface area contributed by atoms with Gasteiger partial charge >= 0.3 is 0 Å². The van der Waals surface area contributed by atoms with Crippen molar-refractivity contribution in [3.05, 3.63) is 59.2 Å². The van der Waals surface area contributed by atoms with Crippen molar-refractivity contribution in [2.45, 2.75) is 57.0 Å². The summed E-state index contributed by atoms with van der Waals surface area (Å²) in [5.74, 6) is -0.415. The molecule has 0 aliphatic carbocycles. The minimum Gasteiger partial charge on any atom is -0.348 e. The number of aryl methyl sites for hydroxylation is 1. The van der Waals surface area contributed by atoms with Crippen LogP contribution in [0.25, 0.3) is 0 Å². The van der Waals surface area contributed by atoms with Crippen molar-refractivity contribution in [1.29, 1.82) is 0 Å². The minimum atomic E-state index is -3.69. The van der Waals surface area contributed by atoms with Crippen LogP contribution < -0.4 is 5.32 Å². The van der Waals surface area contributed by atoms with E-state index in [2.05, 4.69) is 5.32 Å². The predicted octanol–water partition coefficient (Wildman–Crippen LogP) is 2.98. The Labute approximate surface area is 197 Å². The number of sulfonamides is 2. The highest BCUT2D eigenvalue weighted by Crippen LogP contribution is 2.22. The molecule has 0 saturated heterocycles. The van der Waals surface area contributed by atoms with E-state index in [0.717, 1.165) is 5.56 Å². The van der Waals surface area contributed by atoms with Gasteiger partial charge in [-0.25, -0.2) is 16.8 Å². The lowest BCUT2D eigenvalue weighted by atomic mass is 10.1. The molecule has 0 fully saturated rings. The summed E-state index contributed by atoms with van der Waals surface area (Å²) >= 11 is 0. The van der Waals surface area contributed by atoms with Gasteiger partial charge in [0.25, 0.3) is 5.91 Å². The van der Waals surface area contributed by atoms with Crippen LogP contribution in [0.3, 0.4) is 0 Å². The van der Waals surface area contributed by atoms with Gasteiger partial charge in [0.1, 0.15) is 0 Å². The number of rotatable bonds is 10. The third kappa shape index (κ3) is 6.00. The van der Waals surface area contributed by atoms with Crippen molar-refractivity contribution >= 4 is 26.0 Å². The quantitative estimate of drug-likeness (QED) is 0.546. The number of carbonyl (C=O) groups excluding carboxylic acids is 1. The molecule has 0 aliphatic rings. The first kappa shape index (κ1) is 27.0. The molecule has 0 spiro atoms. The Bertz CT molecular complexity index is 1190. The zero-order valence-electron chi connectivity index (χ0n) is 20.0. The molecular formula is C23H33N3O5S2. The molecule has 33 heavy (non-hydrogen) atoms. The maximum Gasteiger partial charge on any atom is 0.251 e. The van der Waals surface area contributed by atoms with E-state index in [1.807, 2.05) is 0 Å². The highest BCUT2D eigenvalue weighted by atomic mass is 32.2. The van der Waals surface area contributed by atoms with Crippen LogP contribution in [0, 0.1) is 6.92 Å². The Hall–Kier alpha value is -2.27. The third-order valence-electron chi connectivity index (χ3n) is 5.55. The second-order valence-electron chi connectivity index (χ2n) is 8.01. The van der Waals surface area contributed by atoms with E-state index in [9.17, 15) is 21.6 Å². The topological polar surface area (TPSA) is 104 Å². The maximum absolute atomic E-state index is 12.9. The molecular weight excluding hydrogens is 462 g/mol. The number of amides is 1. The molecule has 2 aromatic rings. The lowest BCUT2D eigenvalue weighted by Crippen LogP contribution is -2.33. The Morgan fingerprint density at radius 2 is 1.52 bits per heavy atom. The van der Waals surface area contributed by atoms with E-state index < -0.39 is 26.0 Å². The summed E-state index contributed by atoms with van der Waals surface area (Å²) in [6.45, 7) is 9.68. The second-order valence-corrected chi connectivity index (χ2v) is 11.9. The van der Waals surface area contributed by atoms with Crippen LogP contribution in [-0.2, 0) is 26.6 Å². The fraction of sp³-hybridized carbons (Fsp3) is 0.435. The SMILES string of the molecule is CCN(CC)S(=O)(=O)c1cc(C(=O)NCc2ccc(S(=O)(=O)N(C)C(C)C)cc2)ccc1C. The zero-order valence-corrected chi connectivity index (χ0v) is 21.6. The van der Waals surface area contributed by atoms with Gasteiger partial charge in [-0.3, -0.25) is 4.79 Å². The molecule has 0 bridgehead atoms. The van der Waals surface area contributed by atoms with Crippen molar-refractivity contribution in [2.24, 2.45) is 0 Å². The van der Waals surface area contributed by atoms with Crippen LogP contribution in [-0.4, -0.2) is 57.5 Å². The lowest BCUT2D eigenvalue weighted by Gasteiger charge is -2.21. The third-order valence-corrected chi connectivity index (χ3v) is 9.79. The molecule has 0 radical (unpaired) electrons. The number of hydrogen-bond donors (Lipinski definition) is 1. The molecule has 10 heteroatoms. The van der Waals surface area contributed by atoms with E-state index in [-0.39, 0.29) is 27.9 Å². The molecule has 0 aromatic heterocycles. The van der Waals surface area contributed by atoms with Crippen LogP contribution in [0.1, 0.15) is 49.2 Å². The molecule has 0 heterocycles. The van der Waals surface area contributed by atoms with E-state index in [0.29, 0.717) is 18.7 Å². The molecule has 0 atom stereocenters.